The second kappa shape index (κ2) is 8.28. The lowest BCUT2D eigenvalue weighted by Crippen LogP contribution is -2.43. The van der Waals surface area contributed by atoms with Crippen molar-refractivity contribution in [3.63, 3.8) is 0 Å². The van der Waals surface area contributed by atoms with Crippen LogP contribution in [0.25, 0.3) is 16.6 Å². The van der Waals surface area contributed by atoms with Gasteiger partial charge in [-0.3, -0.25) is 9.78 Å². The van der Waals surface area contributed by atoms with Crippen LogP contribution in [-0.4, -0.2) is 50.3 Å². The van der Waals surface area contributed by atoms with E-state index in [4.69, 9.17) is 4.74 Å². The lowest BCUT2D eigenvalue weighted by molar-refractivity contribution is -0.138. The molecule has 0 bridgehead atoms. The van der Waals surface area contributed by atoms with Crippen molar-refractivity contribution in [1.29, 1.82) is 0 Å². The van der Waals surface area contributed by atoms with Gasteiger partial charge in [-0.25, -0.2) is 4.52 Å². The number of amides is 1. The van der Waals surface area contributed by atoms with Crippen LogP contribution in [0.3, 0.4) is 0 Å². The Balaban J connectivity index is 1.34. The van der Waals surface area contributed by atoms with Crippen molar-refractivity contribution < 1.29 is 9.53 Å². The number of hydrogen-bond acceptors (Lipinski definition) is 5. The molecule has 1 fully saturated rings. The van der Waals surface area contributed by atoms with E-state index in [0.29, 0.717) is 26.1 Å². The van der Waals surface area contributed by atoms with Crippen molar-refractivity contribution >= 4 is 11.4 Å². The summed E-state index contributed by atoms with van der Waals surface area (Å²) in [7, 11) is 0. The highest BCUT2D eigenvalue weighted by molar-refractivity contribution is 5.79. The van der Waals surface area contributed by atoms with Gasteiger partial charge in [-0.1, -0.05) is 41.1 Å². The van der Waals surface area contributed by atoms with E-state index in [1.807, 2.05) is 66.6 Å². The van der Waals surface area contributed by atoms with Crippen molar-refractivity contribution in [3.8, 4) is 11.1 Å². The largest absolute Gasteiger partial charge is 0.368 e. The molecule has 7 nitrogen and oxygen atoms in total. The number of rotatable bonds is 4. The molecule has 7 heteroatoms. The lowest BCUT2D eigenvalue weighted by atomic mass is 10.1. The van der Waals surface area contributed by atoms with E-state index in [-0.39, 0.29) is 12.0 Å². The van der Waals surface area contributed by atoms with Crippen LogP contribution in [0.15, 0.2) is 67.1 Å². The van der Waals surface area contributed by atoms with Crippen LogP contribution in [-0.2, 0) is 16.0 Å². The van der Waals surface area contributed by atoms with Gasteiger partial charge in [0, 0.05) is 30.7 Å². The van der Waals surface area contributed by atoms with Gasteiger partial charge in [-0.2, -0.15) is 0 Å². The molecule has 4 aromatic rings. The molecule has 5 rings (SSSR count). The van der Waals surface area contributed by atoms with Crippen molar-refractivity contribution in [2.24, 2.45) is 0 Å². The summed E-state index contributed by atoms with van der Waals surface area (Å²) in [5, 5.41) is 8.67. The Morgan fingerprint density at radius 1 is 1.06 bits per heavy atom. The van der Waals surface area contributed by atoms with E-state index in [1.54, 1.807) is 16.9 Å². The average molecular weight is 413 g/mol. The third kappa shape index (κ3) is 4.04. The van der Waals surface area contributed by atoms with E-state index >= 15 is 0 Å². The summed E-state index contributed by atoms with van der Waals surface area (Å²) in [4.78, 5) is 18.8. The molecular weight excluding hydrogens is 390 g/mol. The SMILES string of the molecule is Cc1ccc(CC(=O)N2CCO[C@@H](c3nnn4cc(-c5ccncc5)ccc34)C2)cc1. The van der Waals surface area contributed by atoms with E-state index in [2.05, 4.69) is 15.3 Å². The zero-order valence-corrected chi connectivity index (χ0v) is 17.3. The lowest BCUT2D eigenvalue weighted by Gasteiger charge is -2.32. The maximum absolute atomic E-state index is 12.9. The Labute approximate surface area is 180 Å². The van der Waals surface area contributed by atoms with E-state index in [9.17, 15) is 4.79 Å². The number of fused-ring (bicyclic) bond motifs is 1. The molecule has 0 N–H and O–H groups in total. The molecule has 3 aromatic heterocycles. The zero-order valence-electron chi connectivity index (χ0n) is 17.3. The average Bonchev–Trinajstić information content (AvgIpc) is 3.24. The first-order valence-electron chi connectivity index (χ1n) is 10.4. The van der Waals surface area contributed by atoms with Crippen LogP contribution in [0.1, 0.15) is 22.9 Å². The molecule has 1 aliphatic rings. The molecule has 0 spiro atoms. The molecule has 1 amide bonds. The molecule has 31 heavy (non-hydrogen) atoms. The second-order valence-corrected chi connectivity index (χ2v) is 7.82. The van der Waals surface area contributed by atoms with Crippen molar-refractivity contribution in [2.45, 2.75) is 19.4 Å². The number of morpholine rings is 1. The van der Waals surface area contributed by atoms with Crippen LogP contribution in [0.2, 0.25) is 0 Å². The van der Waals surface area contributed by atoms with E-state index in [0.717, 1.165) is 27.9 Å². The van der Waals surface area contributed by atoms with Crippen molar-refractivity contribution in [3.05, 3.63) is 83.9 Å². The van der Waals surface area contributed by atoms with Gasteiger partial charge in [0.2, 0.25) is 5.91 Å². The Hall–Kier alpha value is -3.58. The van der Waals surface area contributed by atoms with Crippen LogP contribution in [0.5, 0.6) is 0 Å². The highest BCUT2D eigenvalue weighted by atomic mass is 16.5. The Kier molecular flexibility index (Phi) is 5.18. The molecule has 156 valence electrons. The van der Waals surface area contributed by atoms with Gasteiger partial charge >= 0.3 is 0 Å². The van der Waals surface area contributed by atoms with Crippen molar-refractivity contribution in [1.82, 2.24) is 24.7 Å². The summed E-state index contributed by atoms with van der Waals surface area (Å²) in [5.74, 6) is 0.105. The number of nitrogens with zero attached hydrogens (tertiary/aromatic N) is 5. The molecule has 0 radical (unpaired) electrons. The van der Waals surface area contributed by atoms with Crippen LogP contribution < -0.4 is 0 Å². The Bertz CT molecular complexity index is 1200. The summed E-state index contributed by atoms with van der Waals surface area (Å²) in [6, 6.07) is 16.1. The Morgan fingerprint density at radius 3 is 2.68 bits per heavy atom. The number of carbonyl (C=O) groups excluding carboxylic acids is 1. The summed E-state index contributed by atoms with van der Waals surface area (Å²) in [5.41, 5.74) is 5.96. The maximum Gasteiger partial charge on any atom is 0.227 e. The van der Waals surface area contributed by atoms with Crippen LogP contribution in [0.4, 0.5) is 0 Å². The highest BCUT2D eigenvalue weighted by Crippen LogP contribution is 2.26. The molecule has 4 heterocycles. The quantitative estimate of drug-likeness (QED) is 0.514. The second-order valence-electron chi connectivity index (χ2n) is 7.82. The summed E-state index contributed by atoms with van der Waals surface area (Å²) in [6.45, 7) is 3.59. The minimum Gasteiger partial charge on any atom is -0.368 e. The predicted octanol–water partition coefficient (Wildman–Crippen LogP) is 3.24. The van der Waals surface area contributed by atoms with Gasteiger partial charge in [-0.05, 0) is 36.2 Å². The summed E-state index contributed by atoms with van der Waals surface area (Å²) in [6.07, 6.45) is 5.59. The minimum absolute atomic E-state index is 0.105. The number of benzene rings is 1. The van der Waals surface area contributed by atoms with Crippen LogP contribution >= 0.6 is 0 Å². The van der Waals surface area contributed by atoms with Gasteiger partial charge in [0.1, 0.15) is 11.8 Å². The number of hydrogen-bond donors (Lipinski definition) is 0. The standard InChI is InChI=1S/C24H23N5O2/c1-17-2-4-18(5-3-17)14-23(30)28-12-13-31-22(16-28)24-21-7-6-20(15-29(21)27-26-24)19-8-10-25-11-9-19/h2-11,15,22H,12-14,16H2,1H3/t22-/m1/s1. The van der Waals surface area contributed by atoms with Gasteiger partial charge in [0.25, 0.3) is 0 Å². The van der Waals surface area contributed by atoms with Crippen molar-refractivity contribution in [2.75, 3.05) is 19.7 Å². The Morgan fingerprint density at radius 2 is 1.87 bits per heavy atom. The molecule has 1 atom stereocenters. The van der Waals surface area contributed by atoms with Crippen LogP contribution in [0, 0.1) is 6.92 Å². The monoisotopic (exact) mass is 413 g/mol. The zero-order chi connectivity index (χ0) is 21.2. The third-order valence-corrected chi connectivity index (χ3v) is 5.65. The predicted molar refractivity (Wildman–Crippen MR) is 116 cm³/mol. The minimum atomic E-state index is -0.292. The normalized spacial score (nSPS) is 16.5. The van der Waals surface area contributed by atoms with Gasteiger partial charge in [0.15, 0.2) is 0 Å². The molecule has 1 saturated heterocycles. The highest BCUT2D eigenvalue weighted by Gasteiger charge is 2.28. The molecular formula is C24H23N5O2. The van der Waals surface area contributed by atoms with Gasteiger partial charge in [0.05, 0.1) is 25.1 Å². The van der Waals surface area contributed by atoms with E-state index < -0.39 is 0 Å². The summed E-state index contributed by atoms with van der Waals surface area (Å²) >= 11 is 0. The molecule has 1 aromatic carbocycles. The van der Waals surface area contributed by atoms with E-state index in [1.165, 1.54) is 5.56 Å². The molecule has 0 unspecified atom stereocenters. The summed E-state index contributed by atoms with van der Waals surface area (Å²) < 4.78 is 7.74. The first-order chi connectivity index (χ1) is 15.2. The number of carbonyl (C=O) groups is 1. The smallest absolute Gasteiger partial charge is 0.227 e. The van der Waals surface area contributed by atoms with Gasteiger partial charge in [-0.15, -0.1) is 5.10 Å². The first-order valence-corrected chi connectivity index (χ1v) is 10.4. The number of ether oxygens (including phenoxy) is 1. The topological polar surface area (TPSA) is 72.6 Å². The fraction of sp³-hybridized carbons (Fsp3) is 0.250. The number of aryl methyl sites for hydroxylation is 1. The fourth-order valence-corrected chi connectivity index (χ4v) is 3.89. The third-order valence-electron chi connectivity index (χ3n) is 5.65. The maximum atomic E-state index is 12.9. The number of aromatic nitrogens is 4. The van der Waals surface area contributed by atoms with Gasteiger partial charge < -0.3 is 9.64 Å². The molecule has 0 aliphatic carbocycles. The first kappa shape index (κ1) is 19.4. The number of pyridine rings is 2. The molecule has 0 saturated carbocycles. The fourth-order valence-electron chi connectivity index (χ4n) is 3.89. The molecule has 1 aliphatic heterocycles.